The van der Waals surface area contributed by atoms with E-state index in [1.807, 2.05) is 13.0 Å². The summed E-state index contributed by atoms with van der Waals surface area (Å²) in [5.74, 6) is 0.886. The maximum Gasteiger partial charge on any atom is 0.281 e. The van der Waals surface area contributed by atoms with Crippen molar-refractivity contribution in [3.05, 3.63) is 23.8 Å². The minimum atomic E-state index is -3.28. The maximum atomic E-state index is 12.5. The van der Waals surface area contributed by atoms with Crippen LogP contribution in [0.25, 0.3) is 0 Å². The molecule has 0 saturated carbocycles. The highest BCUT2D eigenvalue weighted by Crippen LogP contribution is 2.28. The van der Waals surface area contributed by atoms with Gasteiger partial charge in [-0.15, -0.1) is 0 Å². The molecule has 0 aromatic carbocycles. The Kier molecular flexibility index (Phi) is 3.74. The standard InChI is InChI=1S/C13H20N4O2S/c1-11-4-6-14-13(15-11)12-5-9-17(10-12)20(18,19)16-7-2-3-8-16/h4,6,12H,2-3,5,7-10H2,1H3. The van der Waals surface area contributed by atoms with Crippen LogP contribution in [0.2, 0.25) is 0 Å². The first-order valence-corrected chi connectivity index (χ1v) is 8.52. The average molecular weight is 296 g/mol. The quantitative estimate of drug-likeness (QED) is 0.832. The van der Waals surface area contributed by atoms with Crippen LogP contribution in [-0.4, -0.2) is 53.2 Å². The van der Waals surface area contributed by atoms with Crippen molar-refractivity contribution in [3.63, 3.8) is 0 Å². The van der Waals surface area contributed by atoms with Crippen LogP contribution in [-0.2, 0) is 10.2 Å². The number of rotatable bonds is 3. The second kappa shape index (κ2) is 5.38. The molecule has 3 rings (SSSR count). The molecule has 0 aliphatic carbocycles. The van der Waals surface area contributed by atoms with Crippen LogP contribution in [0.5, 0.6) is 0 Å². The molecular formula is C13H20N4O2S. The summed E-state index contributed by atoms with van der Waals surface area (Å²) < 4.78 is 28.2. The second-order valence-corrected chi connectivity index (χ2v) is 7.44. The van der Waals surface area contributed by atoms with Gasteiger partial charge in [0, 0.05) is 44.0 Å². The summed E-state index contributed by atoms with van der Waals surface area (Å²) in [4.78, 5) is 8.71. The van der Waals surface area contributed by atoms with Crippen molar-refractivity contribution >= 4 is 10.2 Å². The van der Waals surface area contributed by atoms with E-state index in [0.29, 0.717) is 26.2 Å². The van der Waals surface area contributed by atoms with Gasteiger partial charge >= 0.3 is 0 Å². The van der Waals surface area contributed by atoms with Gasteiger partial charge in [0.1, 0.15) is 5.82 Å². The van der Waals surface area contributed by atoms with E-state index in [4.69, 9.17) is 0 Å². The molecule has 2 aliphatic rings. The Morgan fingerprint density at radius 2 is 1.95 bits per heavy atom. The Morgan fingerprint density at radius 1 is 1.20 bits per heavy atom. The number of aromatic nitrogens is 2. The molecule has 0 N–H and O–H groups in total. The van der Waals surface area contributed by atoms with Gasteiger partial charge in [-0.2, -0.15) is 17.0 Å². The van der Waals surface area contributed by atoms with E-state index in [-0.39, 0.29) is 5.92 Å². The lowest BCUT2D eigenvalue weighted by Gasteiger charge is -2.23. The van der Waals surface area contributed by atoms with Crippen molar-refractivity contribution in [2.45, 2.75) is 32.1 Å². The first kappa shape index (κ1) is 13.9. The maximum absolute atomic E-state index is 12.5. The molecule has 2 aliphatic heterocycles. The zero-order valence-electron chi connectivity index (χ0n) is 11.7. The van der Waals surface area contributed by atoms with Gasteiger partial charge < -0.3 is 0 Å². The summed E-state index contributed by atoms with van der Waals surface area (Å²) in [6.07, 6.45) is 4.49. The molecule has 7 heteroatoms. The average Bonchev–Trinajstić information content (AvgIpc) is 3.11. The monoisotopic (exact) mass is 296 g/mol. The fourth-order valence-electron chi connectivity index (χ4n) is 2.90. The van der Waals surface area contributed by atoms with Crippen LogP contribution in [0.4, 0.5) is 0 Å². The lowest BCUT2D eigenvalue weighted by atomic mass is 10.1. The third kappa shape index (κ3) is 2.57. The summed E-state index contributed by atoms with van der Waals surface area (Å²) in [6.45, 7) is 4.32. The molecule has 3 heterocycles. The molecule has 6 nitrogen and oxygen atoms in total. The smallest absolute Gasteiger partial charge is 0.241 e. The number of aryl methyl sites for hydroxylation is 1. The number of nitrogens with zero attached hydrogens (tertiary/aromatic N) is 4. The molecule has 1 atom stereocenters. The molecule has 0 radical (unpaired) electrons. The predicted molar refractivity (Wildman–Crippen MR) is 75.4 cm³/mol. The van der Waals surface area contributed by atoms with E-state index in [9.17, 15) is 8.42 Å². The van der Waals surface area contributed by atoms with Crippen LogP contribution in [0, 0.1) is 6.92 Å². The van der Waals surface area contributed by atoms with E-state index in [2.05, 4.69) is 9.97 Å². The molecule has 2 saturated heterocycles. The van der Waals surface area contributed by atoms with Crippen LogP contribution in [0.15, 0.2) is 12.3 Å². The van der Waals surface area contributed by atoms with Gasteiger partial charge in [0.2, 0.25) is 0 Å². The van der Waals surface area contributed by atoms with Crippen molar-refractivity contribution in [2.24, 2.45) is 0 Å². The van der Waals surface area contributed by atoms with Gasteiger partial charge in [0.05, 0.1) is 0 Å². The first-order chi connectivity index (χ1) is 9.57. The predicted octanol–water partition coefficient (Wildman–Crippen LogP) is 0.915. The Hall–Kier alpha value is -1.05. The van der Waals surface area contributed by atoms with E-state index in [1.165, 1.54) is 0 Å². The third-order valence-electron chi connectivity index (χ3n) is 4.05. The Balaban J connectivity index is 1.73. The Labute approximate surface area is 120 Å². The minimum absolute atomic E-state index is 0.118. The fraction of sp³-hybridized carbons (Fsp3) is 0.692. The van der Waals surface area contributed by atoms with Gasteiger partial charge in [-0.1, -0.05) is 0 Å². The largest absolute Gasteiger partial charge is 0.281 e. The minimum Gasteiger partial charge on any atom is -0.241 e. The third-order valence-corrected chi connectivity index (χ3v) is 6.05. The van der Waals surface area contributed by atoms with E-state index < -0.39 is 10.2 Å². The number of hydrogen-bond acceptors (Lipinski definition) is 4. The van der Waals surface area contributed by atoms with Gasteiger partial charge in [-0.25, -0.2) is 9.97 Å². The zero-order valence-corrected chi connectivity index (χ0v) is 12.5. The molecule has 20 heavy (non-hydrogen) atoms. The van der Waals surface area contributed by atoms with Gasteiger partial charge in [0.15, 0.2) is 0 Å². The van der Waals surface area contributed by atoms with E-state index in [1.54, 1.807) is 14.8 Å². The summed E-state index contributed by atoms with van der Waals surface area (Å²) in [5.41, 5.74) is 0.927. The normalized spacial score (nSPS) is 25.4. The highest BCUT2D eigenvalue weighted by atomic mass is 32.2. The van der Waals surface area contributed by atoms with Crippen LogP contribution in [0.1, 0.15) is 36.7 Å². The van der Waals surface area contributed by atoms with Crippen LogP contribution < -0.4 is 0 Å². The summed E-state index contributed by atoms with van der Waals surface area (Å²) in [7, 11) is -3.28. The summed E-state index contributed by atoms with van der Waals surface area (Å²) in [6, 6.07) is 1.86. The van der Waals surface area contributed by atoms with Gasteiger partial charge in [0.25, 0.3) is 10.2 Å². The van der Waals surface area contributed by atoms with Crippen LogP contribution in [0.3, 0.4) is 0 Å². The SMILES string of the molecule is Cc1ccnc(C2CCN(S(=O)(=O)N3CCCC3)C2)n1. The van der Waals surface area contributed by atoms with Crippen molar-refractivity contribution in [2.75, 3.05) is 26.2 Å². The lowest BCUT2D eigenvalue weighted by Crippen LogP contribution is -2.41. The second-order valence-electron chi connectivity index (χ2n) is 5.51. The number of hydrogen-bond donors (Lipinski definition) is 0. The summed E-state index contributed by atoms with van der Waals surface area (Å²) >= 11 is 0. The fourth-order valence-corrected chi connectivity index (χ4v) is 4.65. The van der Waals surface area contributed by atoms with E-state index in [0.717, 1.165) is 30.8 Å². The first-order valence-electron chi connectivity index (χ1n) is 7.12. The Morgan fingerprint density at radius 3 is 2.65 bits per heavy atom. The Bertz CT molecular complexity index is 584. The van der Waals surface area contributed by atoms with E-state index >= 15 is 0 Å². The molecule has 2 fully saturated rings. The molecule has 110 valence electrons. The van der Waals surface area contributed by atoms with Crippen molar-refractivity contribution in [1.29, 1.82) is 0 Å². The van der Waals surface area contributed by atoms with Crippen molar-refractivity contribution in [1.82, 2.24) is 18.6 Å². The van der Waals surface area contributed by atoms with Crippen LogP contribution >= 0.6 is 0 Å². The molecule has 1 unspecified atom stereocenters. The van der Waals surface area contributed by atoms with Gasteiger partial charge in [-0.3, -0.25) is 0 Å². The molecule has 0 spiro atoms. The lowest BCUT2D eigenvalue weighted by molar-refractivity contribution is 0.395. The zero-order chi connectivity index (χ0) is 14.2. The highest BCUT2D eigenvalue weighted by Gasteiger charge is 2.37. The molecule has 1 aromatic heterocycles. The molecule has 0 amide bonds. The molecule has 1 aromatic rings. The van der Waals surface area contributed by atoms with Crippen molar-refractivity contribution < 1.29 is 8.42 Å². The topological polar surface area (TPSA) is 66.4 Å². The molecular weight excluding hydrogens is 276 g/mol. The van der Waals surface area contributed by atoms with Crippen molar-refractivity contribution in [3.8, 4) is 0 Å². The highest BCUT2D eigenvalue weighted by molar-refractivity contribution is 7.86. The summed E-state index contributed by atoms with van der Waals surface area (Å²) in [5, 5.41) is 0. The van der Waals surface area contributed by atoms with Gasteiger partial charge in [-0.05, 0) is 32.3 Å². The molecule has 0 bridgehead atoms.